The molecule has 1 fully saturated rings. The van der Waals surface area contributed by atoms with Crippen molar-refractivity contribution in [3.05, 3.63) is 72.7 Å². The molecule has 0 atom stereocenters. The maximum absolute atomic E-state index is 13.5. The lowest BCUT2D eigenvalue weighted by atomic mass is 10.1. The number of anilines is 3. The van der Waals surface area contributed by atoms with E-state index < -0.39 is 17.3 Å². The second-order valence-corrected chi connectivity index (χ2v) is 12.9. The van der Waals surface area contributed by atoms with Crippen LogP contribution in [0.1, 0.15) is 51.9 Å². The zero-order valence-corrected chi connectivity index (χ0v) is 26.5. The van der Waals surface area contributed by atoms with E-state index in [9.17, 15) is 14.4 Å². The van der Waals surface area contributed by atoms with Gasteiger partial charge in [0, 0.05) is 42.7 Å². The Labute approximate surface area is 262 Å². The van der Waals surface area contributed by atoms with Crippen molar-refractivity contribution in [2.24, 2.45) is 0 Å². The highest BCUT2D eigenvalue weighted by atomic mass is 16.6. The molecular weight excluding hydrogens is 574 g/mol. The molecule has 1 saturated heterocycles. The third kappa shape index (κ3) is 8.11. The molecule has 0 bridgehead atoms. The fraction of sp³-hybridized carbons (Fsp3) is 0.353. The Morgan fingerprint density at radius 1 is 0.778 bits per heavy atom. The summed E-state index contributed by atoms with van der Waals surface area (Å²) in [6, 6.07) is 16.3. The first-order valence-electron chi connectivity index (χ1n) is 14.9. The van der Waals surface area contributed by atoms with Gasteiger partial charge in [0.2, 0.25) is 0 Å². The number of nitrogens with one attached hydrogen (secondary N) is 2. The van der Waals surface area contributed by atoms with E-state index in [1.807, 2.05) is 51.1 Å². The van der Waals surface area contributed by atoms with Crippen LogP contribution in [0.15, 0.2) is 71.5 Å². The van der Waals surface area contributed by atoms with Crippen molar-refractivity contribution in [2.75, 3.05) is 41.7 Å². The van der Waals surface area contributed by atoms with Gasteiger partial charge in [0.15, 0.2) is 0 Å². The fourth-order valence-electron chi connectivity index (χ4n) is 4.85. The van der Waals surface area contributed by atoms with E-state index in [0.717, 1.165) is 27.8 Å². The van der Waals surface area contributed by atoms with Gasteiger partial charge in [0.05, 0.1) is 29.4 Å². The Bertz CT molecular complexity index is 1700. The topological polar surface area (TPSA) is 126 Å². The summed E-state index contributed by atoms with van der Waals surface area (Å²) in [4.78, 5) is 47.1. The van der Waals surface area contributed by atoms with E-state index in [1.165, 1.54) is 0 Å². The van der Waals surface area contributed by atoms with Crippen molar-refractivity contribution in [3.8, 4) is 11.1 Å². The second-order valence-electron chi connectivity index (χ2n) is 12.9. The molecule has 2 aromatic heterocycles. The number of aromatic nitrogens is 1. The standard InChI is InChI=1S/C34H39N5O6/c1-33(2,3)44-31(41)37-27-11-7-22(25-13-18-43-21-25)20-28(27)36-30(40)24-8-10-26-23(19-24)9-12-29(35-26)38-14-16-39(17-15-38)32(42)45-34(4,5)6/h7-13,18-21H,14-17H2,1-6H3,(H,36,40)(H,37,41). The van der Waals surface area contributed by atoms with Gasteiger partial charge in [-0.3, -0.25) is 10.1 Å². The molecule has 2 N–H and O–H groups in total. The van der Waals surface area contributed by atoms with Crippen molar-refractivity contribution in [1.29, 1.82) is 0 Å². The largest absolute Gasteiger partial charge is 0.472 e. The third-order valence-electron chi connectivity index (χ3n) is 6.95. The highest BCUT2D eigenvalue weighted by Crippen LogP contribution is 2.31. The van der Waals surface area contributed by atoms with Crippen LogP contribution in [-0.4, -0.2) is 65.4 Å². The molecule has 0 aliphatic carbocycles. The first-order valence-corrected chi connectivity index (χ1v) is 14.9. The van der Waals surface area contributed by atoms with Crippen LogP contribution in [0.2, 0.25) is 0 Å². The fourth-order valence-corrected chi connectivity index (χ4v) is 4.85. The number of nitrogens with zero attached hydrogens (tertiary/aromatic N) is 3. The molecular formula is C34H39N5O6. The quantitative estimate of drug-likeness (QED) is 0.243. The molecule has 5 rings (SSSR count). The smallest absolute Gasteiger partial charge is 0.412 e. The molecule has 2 aromatic carbocycles. The zero-order chi connectivity index (χ0) is 32.4. The van der Waals surface area contributed by atoms with Gasteiger partial charge in [-0.1, -0.05) is 6.07 Å². The monoisotopic (exact) mass is 613 g/mol. The molecule has 0 unspecified atom stereocenters. The minimum absolute atomic E-state index is 0.305. The average molecular weight is 614 g/mol. The Hall–Kier alpha value is -5.06. The van der Waals surface area contributed by atoms with Crippen molar-refractivity contribution < 1.29 is 28.3 Å². The summed E-state index contributed by atoms with van der Waals surface area (Å²) in [6.45, 7) is 13.3. The average Bonchev–Trinajstić information content (AvgIpc) is 3.51. The van der Waals surface area contributed by atoms with Crippen LogP contribution in [0.25, 0.3) is 22.0 Å². The minimum atomic E-state index is -0.683. The molecule has 0 saturated carbocycles. The van der Waals surface area contributed by atoms with Crippen LogP contribution >= 0.6 is 0 Å². The number of hydrogen-bond donors (Lipinski definition) is 2. The van der Waals surface area contributed by atoms with Gasteiger partial charge in [0.1, 0.15) is 17.0 Å². The number of hydrogen-bond acceptors (Lipinski definition) is 8. The van der Waals surface area contributed by atoms with Gasteiger partial charge in [-0.25, -0.2) is 14.6 Å². The number of pyridine rings is 1. The van der Waals surface area contributed by atoms with Gasteiger partial charge in [-0.2, -0.15) is 0 Å². The lowest BCUT2D eigenvalue weighted by Crippen LogP contribution is -2.50. The van der Waals surface area contributed by atoms with Gasteiger partial charge < -0.3 is 29.0 Å². The van der Waals surface area contributed by atoms with Crippen LogP contribution in [0.4, 0.5) is 26.8 Å². The summed E-state index contributed by atoms with van der Waals surface area (Å²) in [5.74, 6) is 0.452. The number of piperazine rings is 1. The summed E-state index contributed by atoms with van der Waals surface area (Å²) in [7, 11) is 0. The van der Waals surface area contributed by atoms with E-state index in [0.29, 0.717) is 43.1 Å². The maximum atomic E-state index is 13.5. The predicted octanol–water partition coefficient (Wildman–Crippen LogP) is 7.15. The van der Waals surface area contributed by atoms with Crippen LogP contribution in [0.3, 0.4) is 0 Å². The number of carbonyl (C=O) groups excluding carboxylic acids is 3. The lowest BCUT2D eigenvalue weighted by Gasteiger charge is -2.36. The molecule has 4 aromatic rings. The van der Waals surface area contributed by atoms with Crippen molar-refractivity contribution in [2.45, 2.75) is 52.7 Å². The van der Waals surface area contributed by atoms with Crippen LogP contribution in [0, 0.1) is 0 Å². The van der Waals surface area contributed by atoms with E-state index >= 15 is 0 Å². The molecule has 236 valence electrons. The summed E-state index contributed by atoms with van der Waals surface area (Å²) < 4.78 is 16.1. The number of carbonyl (C=O) groups is 3. The minimum Gasteiger partial charge on any atom is -0.472 e. The van der Waals surface area contributed by atoms with Gasteiger partial charge in [-0.15, -0.1) is 0 Å². The summed E-state index contributed by atoms with van der Waals surface area (Å²) in [5, 5.41) is 6.48. The highest BCUT2D eigenvalue weighted by molar-refractivity contribution is 6.09. The Kier molecular flexibility index (Phi) is 8.72. The number of fused-ring (bicyclic) bond motifs is 1. The Morgan fingerprint density at radius 2 is 1.51 bits per heavy atom. The predicted molar refractivity (Wildman–Crippen MR) is 174 cm³/mol. The third-order valence-corrected chi connectivity index (χ3v) is 6.95. The second kappa shape index (κ2) is 12.5. The van der Waals surface area contributed by atoms with Crippen molar-refractivity contribution >= 4 is 46.2 Å². The number of ether oxygens (including phenoxy) is 2. The summed E-state index contributed by atoms with van der Waals surface area (Å²) in [6.07, 6.45) is 2.24. The van der Waals surface area contributed by atoms with Crippen molar-refractivity contribution in [1.82, 2.24) is 9.88 Å². The zero-order valence-electron chi connectivity index (χ0n) is 26.5. The number of benzene rings is 2. The van der Waals surface area contributed by atoms with Gasteiger partial charge >= 0.3 is 12.2 Å². The number of furan rings is 1. The highest BCUT2D eigenvalue weighted by Gasteiger charge is 2.26. The molecule has 11 nitrogen and oxygen atoms in total. The first-order chi connectivity index (χ1) is 21.2. The van der Waals surface area contributed by atoms with Gasteiger partial charge in [-0.05, 0) is 95.6 Å². The van der Waals surface area contributed by atoms with Crippen LogP contribution < -0.4 is 15.5 Å². The molecule has 45 heavy (non-hydrogen) atoms. The lowest BCUT2D eigenvalue weighted by molar-refractivity contribution is 0.0240. The Morgan fingerprint density at radius 3 is 2.18 bits per heavy atom. The molecule has 0 spiro atoms. The van der Waals surface area contributed by atoms with E-state index in [4.69, 9.17) is 18.9 Å². The molecule has 3 heterocycles. The van der Waals surface area contributed by atoms with Crippen LogP contribution in [-0.2, 0) is 9.47 Å². The molecule has 0 radical (unpaired) electrons. The summed E-state index contributed by atoms with van der Waals surface area (Å²) >= 11 is 0. The van der Waals surface area contributed by atoms with Crippen molar-refractivity contribution in [3.63, 3.8) is 0 Å². The SMILES string of the molecule is CC(C)(C)OC(=O)Nc1ccc(-c2ccoc2)cc1NC(=O)c1ccc2nc(N3CCN(C(=O)OC(C)(C)C)CC3)ccc2c1. The molecule has 3 amide bonds. The van der Waals surface area contributed by atoms with E-state index in [2.05, 4.69) is 15.5 Å². The maximum Gasteiger partial charge on any atom is 0.412 e. The number of rotatable bonds is 5. The molecule has 1 aliphatic rings. The first kappa shape index (κ1) is 31.4. The van der Waals surface area contributed by atoms with E-state index in [1.54, 1.807) is 62.5 Å². The normalized spacial score (nSPS) is 13.8. The molecule has 1 aliphatic heterocycles. The van der Waals surface area contributed by atoms with E-state index in [-0.39, 0.29) is 12.0 Å². The van der Waals surface area contributed by atoms with Crippen LogP contribution in [0.5, 0.6) is 0 Å². The summed E-state index contributed by atoms with van der Waals surface area (Å²) in [5.41, 5.74) is 2.38. The molecule has 11 heteroatoms. The van der Waals surface area contributed by atoms with Gasteiger partial charge in [0.25, 0.3) is 5.91 Å². The number of amides is 3. The Balaban J connectivity index is 1.30.